The Bertz CT molecular complexity index is 278. The summed E-state index contributed by atoms with van der Waals surface area (Å²) in [6, 6.07) is 3.73. The van der Waals surface area contributed by atoms with E-state index in [9.17, 15) is 5.11 Å². The van der Waals surface area contributed by atoms with Gasteiger partial charge in [-0.3, -0.25) is 4.98 Å². The van der Waals surface area contributed by atoms with E-state index in [1.54, 1.807) is 0 Å². The summed E-state index contributed by atoms with van der Waals surface area (Å²) in [5.74, 6) is 0. The lowest BCUT2D eigenvalue weighted by atomic mass is 10.2. The normalized spacial score (nSPS) is 13.0. The summed E-state index contributed by atoms with van der Waals surface area (Å²) >= 11 is 3.29. The van der Waals surface area contributed by atoms with Gasteiger partial charge in [0.2, 0.25) is 0 Å². The Morgan fingerprint density at radius 2 is 2.33 bits per heavy atom. The fraction of sp³-hybridized carbons (Fsp3) is 0.375. The van der Waals surface area contributed by atoms with Crippen molar-refractivity contribution in [3.8, 4) is 0 Å². The molecule has 0 aromatic carbocycles. The average molecular weight is 231 g/mol. The molecule has 0 amide bonds. The number of aryl methyl sites for hydroxylation is 1. The summed E-state index contributed by atoms with van der Waals surface area (Å²) in [7, 11) is 0. The molecular formula is C8H11BrN2O. The molecule has 0 aliphatic rings. The lowest BCUT2D eigenvalue weighted by molar-refractivity contribution is 0.181. The van der Waals surface area contributed by atoms with E-state index in [2.05, 4.69) is 20.9 Å². The summed E-state index contributed by atoms with van der Waals surface area (Å²) < 4.78 is 0.797. The molecule has 1 rings (SSSR count). The van der Waals surface area contributed by atoms with Crippen molar-refractivity contribution < 1.29 is 5.11 Å². The molecule has 3 nitrogen and oxygen atoms in total. The number of aromatic nitrogens is 1. The van der Waals surface area contributed by atoms with E-state index in [-0.39, 0.29) is 6.54 Å². The predicted molar refractivity (Wildman–Crippen MR) is 50.7 cm³/mol. The maximum Gasteiger partial charge on any atom is 0.109 e. The molecule has 0 saturated carbocycles. The van der Waals surface area contributed by atoms with Gasteiger partial charge in [0, 0.05) is 16.7 Å². The van der Waals surface area contributed by atoms with Gasteiger partial charge < -0.3 is 10.8 Å². The smallest absolute Gasteiger partial charge is 0.109 e. The number of pyridine rings is 1. The summed E-state index contributed by atoms with van der Waals surface area (Å²) in [6.07, 6.45) is -0.681. The van der Waals surface area contributed by atoms with Gasteiger partial charge in [0.05, 0.1) is 5.69 Å². The van der Waals surface area contributed by atoms with Gasteiger partial charge in [-0.2, -0.15) is 0 Å². The highest BCUT2D eigenvalue weighted by Gasteiger charge is 2.10. The van der Waals surface area contributed by atoms with Crippen LogP contribution in [0.5, 0.6) is 0 Å². The zero-order chi connectivity index (χ0) is 9.14. The fourth-order valence-corrected chi connectivity index (χ4v) is 1.39. The van der Waals surface area contributed by atoms with Crippen molar-refractivity contribution >= 4 is 15.9 Å². The first-order valence-electron chi connectivity index (χ1n) is 3.66. The fourth-order valence-electron chi connectivity index (χ4n) is 0.905. The second-order valence-electron chi connectivity index (χ2n) is 2.57. The first kappa shape index (κ1) is 9.64. The van der Waals surface area contributed by atoms with Crippen molar-refractivity contribution in [1.29, 1.82) is 0 Å². The third-order valence-corrected chi connectivity index (χ3v) is 2.22. The van der Waals surface area contributed by atoms with E-state index >= 15 is 0 Å². The van der Waals surface area contributed by atoms with Crippen LogP contribution < -0.4 is 5.73 Å². The van der Waals surface area contributed by atoms with Crippen LogP contribution >= 0.6 is 15.9 Å². The van der Waals surface area contributed by atoms with Gasteiger partial charge in [0.25, 0.3) is 0 Å². The van der Waals surface area contributed by atoms with Crippen LogP contribution in [0, 0.1) is 6.92 Å². The molecule has 1 atom stereocenters. The van der Waals surface area contributed by atoms with Gasteiger partial charge >= 0.3 is 0 Å². The Hall–Kier alpha value is -0.450. The molecular weight excluding hydrogens is 220 g/mol. The minimum atomic E-state index is -0.681. The molecule has 1 unspecified atom stereocenters. The van der Waals surface area contributed by atoms with Crippen LogP contribution in [0.15, 0.2) is 16.6 Å². The third kappa shape index (κ3) is 2.03. The van der Waals surface area contributed by atoms with E-state index in [1.165, 1.54) is 0 Å². The molecule has 0 aliphatic heterocycles. The number of hydrogen-bond donors (Lipinski definition) is 2. The summed E-state index contributed by atoms with van der Waals surface area (Å²) in [5, 5.41) is 9.42. The van der Waals surface area contributed by atoms with Crippen LogP contribution in [0.25, 0.3) is 0 Å². The van der Waals surface area contributed by atoms with E-state index in [0.29, 0.717) is 5.69 Å². The number of nitrogens with two attached hydrogens (primary N) is 1. The van der Waals surface area contributed by atoms with Gasteiger partial charge in [0.1, 0.15) is 6.10 Å². The third-order valence-electron chi connectivity index (χ3n) is 1.55. The lowest BCUT2D eigenvalue weighted by Crippen LogP contribution is -2.13. The number of aliphatic hydroxyl groups excluding tert-OH is 1. The quantitative estimate of drug-likeness (QED) is 0.802. The average Bonchev–Trinajstić information content (AvgIpc) is 2.08. The number of rotatable bonds is 2. The number of halogens is 1. The van der Waals surface area contributed by atoms with Crippen LogP contribution in [-0.4, -0.2) is 16.6 Å². The molecule has 0 radical (unpaired) electrons. The molecule has 0 aliphatic carbocycles. The SMILES string of the molecule is Cc1ccc(Br)c(C(O)CN)n1. The van der Waals surface area contributed by atoms with Crippen molar-refractivity contribution in [3.05, 3.63) is 28.0 Å². The molecule has 66 valence electrons. The Balaban J connectivity index is 3.04. The van der Waals surface area contributed by atoms with Gasteiger partial charge in [0.15, 0.2) is 0 Å². The Morgan fingerprint density at radius 3 is 2.92 bits per heavy atom. The predicted octanol–water partition coefficient (Wildman–Crippen LogP) is 1.14. The summed E-state index contributed by atoms with van der Waals surface area (Å²) in [5.41, 5.74) is 6.80. The van der Waals surface area contributed by atoms with Crippen molar-refractivity contribution in [2.45, 2.75) is 13.0 Å². The molecule has 0 saturated heterocycles. The van der Waals surface area contributed by atoms with Crippen LogP contribution in [0.2, 0.25) is 0 Å². The topological polar surface area (TPSA) is 59.1 Å². The first-order valence-corrected chi connectivity index (χ1v) is 4.45. The largest absolute Gasteiger partial charge is 0.385 e. The molecule has 1 aromatic rings. The van der Waals surface area contributed by atoms with Gasteiger partial charge in [-0.15, -0.1) is 0 Å². The van der Waals surface area contributed by atoms with E-state index < -0.39 is 6.10 Å². The van der Waals surface area contributed by atoms with Crippen molar-refractivity contribution in [2.75, 3.05) is 6.54 Å². The van der Waals surface area contributed by atoms with E-state index in [4.69, 9.17) is 5.73 Å². The first-order chi connectivity index (χ1) is 5.65. The maximum atomic E-state index is 9.42. The second kappa shape index (κ2) is 3.98. The molecule has 3 N–H and O–H groups in total. The Kier molecular flexibility index (Phi) is 3.20. The number of hydrogen-bond acceptors (Lipinski definition) is 3. The lowest BCUT2D eigenvalue weighted by Gasteiger charge is -2.09. The van der Waals surface area contributed by atoms with Crippen LogP contribution in [0.4, 0.5) is 0 Å². The Labute approximate surface area is 79.7 Å². The summed E-state index contributed by atoms with van der Waals surface area (Å²) in [4.78, 5) is 4.17. The van der Waals surface area contributed by atoms with Crippen LogP contribution in [-0.2, 0) is 0 Å². The molecule has 0 spiro atoms. The summed E-state index contributed by atoms with van der Waals surface area (Å²) in [6.45, 7) is 2.06. The van der Waals surface area contributed by atoms with Gasteiger partial charge in [-0.05, 0) is 35.0 Å². The maximum absolute atomic E-state index is 9.42. The van der Waals surface area contributed by atoms with E-state index in [0.717, 1.165) is 10.2 Å². The molecule has 0 fully saturated rings. The number of nitrogens with zero attached hydrogens (tertiary/aromatic N) is 1. The zero-order valence-electron chi connectivity index (χ0n) is 6.79. The molecule has 1 aromatic heterocycles. The number of aliphatic hydroxyl groups is 1. The highest BCUT2D eigenvalue weighted by Crippen LogP contribution is 2.20. The minimum Gasteiger partial charge on any atom is -0.385 e. The molecule has 0 bridgehead atoms. The molecule has 1 heterocycles. The van der Waals surface area contributed by atoms with Crippen molar-refractivity contribution in [2.24, 2.45) is 5.73 Å². The highest BCUT2D eigenvalue weighted by molar-refractivity contribution is 9.10. The van der Waals surface area contributed by atoms with Crippen molar-refractivity contribution in [1.82, 2.24) is 4.98 Å². The second-order valence-corrected chi connectivity index (χ2v) is 3.43. The Morgan fingerprint density at radius 1 is 1.67 bits per heavy atom. The van der Waals surface area contributed by atoms with Crippen LogP contribution in [0.3, 0.4) is 0 Å². The van der Waals surface area contributed by atoms with Crippen LogP contribution in [0.1, 0.15) is 17.5 Å². The van der Waals surface area contributed by atoms with Gasteiger partial charge in [-0.25, -0.2) is 0 Å². The standard InChI is InChI=1S/C8H11BrN2O/c1-5-2-3-6(9)8(11-5)7(12)4-10/h2-3,7,12H,4,10H2,1H3. The van der Waals surface area contributed by atoms with Gasteiger partial charge in [-0.1, -0.05) is 0 Å². The monoisotopic (exact) mass is 230 g/mol. The minimum absolute atomic E-state index is 0.190. The molecule has 4 heteroatoms. The van der Waals surface area contributed by atoms with E-state index in [1.807, 2.05) is 19.1 Å². The molecule has 12 heavy (non-hydrogen) atoms. The van der Waals surface area contributed by atoms with Crippen molar-refractivity contribution in [3.63, 3.8) is 0 Å². The zero-order valence-corrected chi connectivity index (χ0v) is 8.37. The highest BCUT2D eigenvalue weighted by atomic mass is 79.9.